The molecule has 2 N–H and O–H groups in total. The van der Waals surface area contributed by atoms with Crippen molar-refractivity contribution >= 4 is 18.0 Å². The van der Waals surface area contributed by atoms with Crippen molar-refractivity contribution < 1.29 is 28.6 Å². The predicted molar refractivity (Wildman–Crippen MR) is 93.1 cm³/mol. The summed E-state index contributed by atoms with van der Waals surface area (Å²) in [5.74, 6) is -0.839. The molecule has 0 radical (unpaired) electrons. The van der Waals surface area contributed by atoms with Crippen LogP contribution in [0.3, 0.4) is 0 Å². The Balaban J connectivity index is 5.19. The number of ether oxygens (including phenoxy) is 3. The van der Waals surface area contributed by atoms with Crippen LogP contribution in [0.4, 0.5) is 4.79 Å². The summed E-state index contributed by atoms with van der Waals surface area (Å²) >= 11 is 0. The number of hydrogen-bond acceptors (Lipinski definition) is 7. The summed E-state index contributed by atoms with van der Waals surface area (Å²) in [6.07, 6.45) is -0.0704. The van der Waals surface area contributed by atoms with E-state index in [1.165, 1.54) is 14.2 Å². The lowest BCUT2D eigenvalue weighted by Gasteiger charge is -2.34. The Bertz CT molecular complexity index is 459. The van der Waals surface area contributed by atoms with E-state index in [2.05, 4.69) is 15.4 Å². The van der Waals surface area contributed by atoms with Gasteiger partial charge in [-0.25, -0.2) is 9.59 Å². The fourth-order valence-corrected chi connectivity index (χ4v) is 2.41. The van der Waals surface area contributed by atoms with Gasteiger partial charge in [-0.15, -0.1) is 0 Å². The van der Waals surface area contributed by atoms with Crippen molar-refractivity contribution in [2.45, 2.75) is 58.6 Å². The fraction of sp³-hybridized carbons (Fsp3) is 0.824. The molecule has 1 atom stereocenters. The average Bonchev–Trinajstić information content (AvgIpc) is 2.47. The van der Waals surface area contributed by atoms with Gasteiger partial charge in [-0.2, -0.15) is 0 Å². The number of esters is 2. The van der Waals surface area contributed by atoms with E-state index in [-0.39, 0.29) is 18.9 Å². The molecule has 0 aliphatic rings. The molecular weight excluding hydrogens is 328 g/mol. The second kappa shape index (κ2) is 10.2. The van der Waals surface area contributed by atoms with Gasteiger partial charge in [0.2, 0.25) is 0 Å². The molecule has 0 saturated carbocycles. The van der Waals surface area contributed by atoms with Crippen molar-refractivity contribution in [1.82, 2.24) is 10.6 Å². The molecule has 0 fully saturated rings. The van der Waals surface area contributed by atoms with E-state index >= 15 is 0 Å². The summed E-state index contributed by atoms with van der Waals surface area (Å²) in [4.78, 5) is 35.8. The third kappa shape index (κ3) is 9.28. The van der Waals surface area contributed by atoms with E-state index in [0.717, 1.165) is 0 Å². The minimum absolute atomic E-state index is 0.0157. The third-order valence-electron chi connectivity index (χ3n) is 3.30. The maximum atomic E-state index is 12.4. The van der Waals surface area contributed by atoms with Gasteiger partial charge in [-0.3, -0.25) is 4.79 Å². The summed E-state index contributed by atoms with van der Waals surface area (Å²) in [6, 6.07) is 0. The van der Waals surface area contributed by atoms with Crippen LogP contribution in [0, 0.1) is 5.92 Å². The van der Waals surface area contributed by atoms with E-state index in [1.807, 2.05) is 13.8 Å². The number of carbonyl (C=O) groups is 3. The van der Waals surface area contributed by atoms with Crippen molar-refractivity contribution in [2.24, 2.45) is 5.92 Å². The zero-order valence-electron chi connectivity index (χ0n) is 16.4. The van der Waals surface area contributed by atoms with Crippen molar-refractivity contribution in [1.29, 1.82) is 0 Å². The molecule has 0 spiro atoms. The molecule has 25 heavy (non-hydrogen) atoms. The predicted octanol–water partition coefficient (Wildman–Crippen LogP) is 1.62. The van der Waals surface area contributed by atoms with Crippen molar-refractivity contribution in [3.63, 3.8) is 0 Å². The highest BCUT2D eigenvalue weighted by molar-refractivity contribution is 5.85. The van der Waals surface area contributed by atoms with Crippen LogP contribution in [0.15, 0.2) is 0 Å². The molecule has 0 heterocycles. The van der Waals surface area contributed by atoms with Crippen LogP contribution in [0.2, 0.25) is 0 Å². The molecule has 0 saturated heterocycles. The number of methoxy groups -OCH3 is 2. The summed E-state index contributed by atoms with van der Waals surface area (Å²) in [7, 11) is 2.57. The SMILES string of the molecule is COC(=O)CNCC[C@@](CC(C)C)(NC(=O)OC(C)(C)C)C(=O)OC. The molecule has 0 unspecified atom stereocenters. The zero-order valence-corrected chi connectivity index (χ0v) is 16.4. The number of amides is 1. The van der Waals surface area contributed by atoms with Gasteiger partial charge >= 0.3 is 18.0 Å². The smallest absolute Gasteiger partial charge is 0.408 e. The van der Waals surface area contributed by atoms with Gasteiger partial charge in [0.05, 0.1) is 20.8 Å². The van der Waals surface area contributed by atoms with Crippen molar-refractivity contribution in [3.8, 4) is 0 Å². The van der Waals surface area contributed by atoms with Crippen LogP contribution in [0.25, 0.3) is 0 Å². The number of carbonyl (C=O) groups excluding carboxylic acids is 3. The third-order valence-corrected chi connectivity index (χ3v) is 3.30. The Hall–Kier alpha value is -1.83. The average molecular weight is 360 g/mol. The van der Waals surface area contributed by atoms with E-state index in [4.69, 9.17) is 9.47 Å². The van der Waals surface area contributed by atoms with Gasteiger partial charge < -0.3 is 24.8 Å². The molecule has 0 aromatic heterocycles. The molecule has 8 heteroatoms. The summed E-state index contributed by atoms with van der Waals surface area (Å²) < 4.78 is 14.7. The molecule has 0 aliphatic carbocycles. The molecule has 0 bridgehead atoms. The lowest BCUT2D eigenvalue weighted by molar-refractivity contribution is -0.149. The largest absolute Gasteiger partial charge is 0.468 e. The Labute approximate surface area is 150 Å². The van der Waals surface area contributed by atoms with Gasteiger partial charge in [0.1, 0.15) is 11.1 Å². The maximum Gasteiger partial charge on any atom is 0.408 e. The Morgan fingerprint density at radius 3 is 2.08 bits per heavy atom. The molecule has 146 valence electrons. The highest BCUT2D eigenvalue weighted by Crippen LogP contribution is 2.23. The summed E-state index contributed by atoms with van der Waals surface area (Å²) in [5.41, 5.74) is -1.93. The lowest BCUT2D eigenvalue weighted by Crippen LogP contribution is -2.58. The Morgan fingerprint density at radius 2 is 1.64 bits per heavy atom. The number of hydrogen-bond donors (Lipinski definition) is 2. The first kappa shape index (κ1) is 23.2. The van der Waals surface area contributed by atoms with Crippen LogP contribution in [0.5, 0.6) is 0 Å². The molecular formula is C17H32N2O6. The number of nitrogens with one attached hydrogen (secondary N) is 2. The van der Waals surface area contributed by atoms with Gasteiger partial charge in [0.15, 0.2) is 0 Å². The number of alkyl carbamates (subject to hydrolysis) is 1. The first-order chi connectivity index (χ1) is 11.5. The van der Waals surface area contributed by atoms with Gasteiger partial charge in [-0.05, 0) is 46.1 Å². The monoisotopic (exact) mass is 360 g/mol. The van der Waals surface area contributed by atoms with E-state index in [0.29, 0.717) is 13.0 Å². The summed E-state index contributed by atoms with van der Waals surface area (Å²) in [6.45, 7) is 9.44. The second-order valence-corrected chi connectivity index (χ2v) is 7.30. The first-order valence-electron chi connectivity index (χ1n) is 8.33. The standard InChI is InChI=1S/C17H32N2O6/c1-12(2)10-17(14(21)24-7,8-9-18-11-13(20)23-6)19-15(22)25-16(3,4)5/h12,18H,8-11H2,1-7H3,(H,19,22)/t17-/m0/s1. The van der Waals surface area contributed by atoms with E-state index < -0.39 is 29.2 Å². The van der Waals surface area contributed by atoms with Crippen LogP contribution >= 0.6 is 0 Å². The zero-order chi connectivity index (χ0) is 19.7. The van der Waals surface area contributed by atoms with E-state index in [1.54, 1.807) is 20.8 Å². The Morgan fingerprint density at radius 1 is 1.04 bits per heavy atom. The van der Waals surface area contributed by atoms with Crippen LogP contribution in [-0.2, 0) is 23.8 Å². The highest BCUT2D eigenvalue weighted by atomic mass is 16.6. The number of rotatable bonds is 9. The molecule has 0 rings (SSSR count). The van der Waals surface area contributed by atoms with Crippen LogP contribution in [0.1, 0.15) is 47.5 Å². The highest BCUT2D eigenvalue weighted by Gasteiger charge is 2.42. The van der Waals surface area contributed by atoms with Crippen molar-refractivity contribution in [2.75, 3.05) is 27.3 Å². The van der Waals surface area contributed by atoms with Crippen molar-refractivity contribution in [3.05, 3.63) is 0 Å². The fourth-order valence-electron chi connectivity index (χ4n) is 2.41. The van der Waals surface area contributed by atoms with Gasteiger partial charge in [0, 0.05) is 0 Å². The molecule has 0 aliphatic heterocycles. The topological polar surface area (TPSA) is 103 Å². The van der Waals surface area contributed by atoms with Crippen LogP contribution < -0.4 is 10.6 Å². The summed E-state index contributed by atoms with van der Waals surface area (Å²) in [5, 5.41) is 5.57. The molecule has 8 nitrogen and oxygen atoms in total. The maximum absolute atomic E-state index is 12.4. The Kier molecular flexibility index (Phi) is 9.48. The van der Waals surface area contributed by atoms with E-state index in [9.17, 15) is 14.4 Å². The quantitative estimate of drug-likeness (QED) is 0.366. The first-order valence-corrected chi connectivity index (χ1v) is 8.33. The van der Waals surface area contributed by atoms with Gasteiger partial charge in [-0.1, -0.05) is 13.8 Å². The van der Waals surface area contributed by atoms with Gasteiger partial charge in [0.25, 0.3) is 0 Å². The second-order valence-electron chi connectivity index (χ2n) is 7.30. The minimum atomic E-state index is -1.24. The minimum Gasteiger partial charge on any atom is -0.468 e. The van der Waals surface area contributed by atoms with Crippen LogP contribution in [-0.4, -0.2) is 56.5 Å². The normalized spacial score (nSPS) is 13.8. The molecule has 0 aromatic rings. The molecule has 1 amide bonds. The molecule has 0 aromatic carbocycles. The lowest BCUT2D eigenvalue weighted by atomic mass is 9.85.